The molecule has 0 saturated carbocycles. The van der Waals surface area contributed by atoms with E-state index in [1.165, 1.54) is 4.88 Å². The Hall–Kier alpha value is -0.380. The molecule has 0 fully saturated rings. The van der Waals surface area contributed by atoms with Gasteiger partial charge in [-0.15, -0.1) is 11.3 Å². The van der Waals surface area contributed by atoms with Crippen LogP contribution in [0.3, 0.4) is 0 Å². The van der Waals surface area contributed by atoms with Crippen LogP contribution in [0.15, 0.2) is 11.4 Å². The third kappa shape index (κ3) is 0.868. The highest BCUT2D eigenvalue weighted by molar-refractivity contribution is 7.10. The van der Waals surface area contributed by atoms with Gasteiger partial charge in [-0.3, -0.25) is 0 Å². The third-order valence-electron chi connectivity index (χ3n) is 1.76. The quantitative estimate of drug-likeness (QED) is 0.583. The Morgan fingerprint density at radius 3 is 3.40 bits per heavy atom. The molecule has 2 N–H and O–H groups in total. The monoisotopic (exact) mass is 155 g/mol. The van der Waals surface area contributed by atoms with Crippen LogP contribution in [0.2, 0.25) is 0 Å². The number of fused-ring (bicyclic) bond motifs is 1. The van der Waals surface area contributed by atoms with E-state index in [4.69, 9.17) is 0 Å². The fourth-order valence-corrected chi connectivity index (χ4v) is 2.13. The van der Waals surface area contributed by atoms with E-state index >= 15 is 0 Å². The predicted octanol–water partition coefficient (Wildman–Crippen LogP) is 0.885. The van der Waals surface area contributed by atoms with E-state index in [-0.39, 0.29) is 6.10 Å². The molecule has 3 heteroatoms. The van der Waals surface area contributed by atoms with Crippen molar-refractivity contribution in [2.75, 3.05) is 6.54 Å². The first-order valence-electron chi connectivity index (χ1n) is 3.33. The van der Waals surface area contributed by atoms with Gasteiger partial charge in [-0.2, -0.15) is 0 Å². The van der Waals surface area contributed by atoms with E-state index in [2.05, 4.69) is 5.32 Å². The third-order valence-corrected chi connectivity index (χ3v) is 2.70. The van der Waals surface area contributed by atoms with Crippen molar-refractivity contribution in [2.45, 2.75) is 12.6 Å². The van der Waals surface area contributed by atoms with Gasteiger partial charge in [0.2, 0.25) is 0 Å². The maximum absolute atomic E-state index is 9.39. The Kier molecular flexibility index (Phi) is 1.48. The van der Waals surface area contributed by atoms with Crippen molar-refractivity contribution in [1.82, 2.24) is 5.32 Å². The highest BCUT2D eigenvalue weighted by Gasteiger charge is 2.17. The maximum atomic E-state index is 9.39. The van der Waals surface area contributed by atoms with Crippen molar-refractivity contribution in [3.8, 4) is 0 Å². The first-order chi connectivity index (χ1) is 4.88. The van der Waals surface area contributed by atoms with Crippen molar-refractivity contribution in [1.29, 1.82) is 0 Å². The van der Waals surface area contributed by atoms with Gasteiger partial charge in [0.25, 0.3) is 0 Å². The van der Waals surface area contributed by atoms with E-state index in [0.29, 0.717) is 6.54 Å². The minimum Gasteiger partial charge on any atom is -0.387 e. The number of hydrogen-bond donors (Lipinski definition) is 2. The Bertz CT molecular complexity index is 233. The van der Waals surface area contributed by atoms with Crippen LogP contribution in [0, 0.1) is 0 Å². The first-order valence-corrected chi connectivity index (χ1v) is 4.21. The van der Waals surface area contributed by atoms with Crippen molar-refractivity contribution in [2.24, 2.45) is 0 Å². The minimum absolute atomic E-state index is 0.282. The number of thiophene rings is 1. The van der Waals surface area contributed by atoms with Crippen LogP contribution in [-0.4, -0.2) is 11.7 Å². The average Bonchev–Trinajstić information content (AvgIpc) is 2.36. The number of hydrogen-bond acceptors (Lipinski definition) is 3. The summed E-state index contributed by atoms with van der Waals surface area (Å²) in [5, 5.41) is 14.6. The lowest BCUT2D eigenvalue weighted by atomic mass is 10.1. The molecule has 0 unspecified atom stereocenters. The van der Waals surface area contributed by atoms with Crippen LogP contribution < -0.4 is 5.32 Å². The molecule has 0 radical (unpaired) electrons. The molecule has 1 aromatic heterocycles. The second-order valence-electron chi connectivity index (χ2n) is 2.45. The molecule has 1 aromatic rings. The van der Waals surface area contributed by atoms with E-state index in [1.807, 2.05) is 11.4 Å². The van der Waals surface area contributed by atoms with E-state index in [9.17, 15) is 5.11 Å². The molecular formula is C7H9NOS. The highest BCUT2D eigenvalue weighted by atomic mass is 32.1. The van der Waals surface area contributed by atoms with Crippen molar-refractivity contribution in [3.63, 3.8) is 0 Å². The zero-order chi connectivity index (χ0) is 6.97. The van der Waals surface area contributed by atoms with Crippen LogP contribution >= 0.6 is 11.3 Å². The zero-order valence-electron chi connectivity index (χ0n) is 5.50. The summed E-state index contributed by atoms with van der Waals surface area (Å²) in [5.41, 5.74) is 1.11. The van der Waals surface area contributed by atoms with Crippen molar-refractivity contribution < 1.29 is 5.11 Å². The number of nitrogens with one attached hydrogen (secondary N) is 1. The van der Waals surface area contributed by atoms with Gasteiger partial charge < -0.3 is 10.4 Å². The van der Waals surface area contributed by atoms with Crippen LogP contribution in [0.5, 0.6) is 0 Å². The fraction of sp³-hybridized carbons (Fsp3) is 0.429. The van der Waals surface area contributed by atoms with Gasteiger partial charge in [0.1, 0.15) is 0 Å². The molecule has 0 saturated heterocycles. The predicted molar refractivity (Wildman–Crippen MR) is 41.0 cm³/mol. The highest BCUT2D eigenvalue weighted by Crippen LogP contribution is 2.25. The number of aliphatic hydroxyl groups is 1. The van der Waals surface area contributed by atoms with Gasteiger partial charge in [0, 0.05) is 18.0 Å². The Morgan fingerprint density at radius 1 is 1.70 bits per heavy atom. The summed E-state index contributed by atoms with van der Waals surface area (Å²) in [6, 6.07) is 2.01. The van der Waals surface area contributed by atoms with Crippen LogP contribution in [0.4, 0.5) is 0 Å². The largest absolute Gasteiger partial charge is 0.387 e. The molecule has 1 aliphatic rings. The van der Waals surface area contributed by atoms with Gasteiger partial charge in [-0.05, 0) is 17.0 Å². The molecule has 54 valence electrons. The maximum Gasteiger partial charge on any atom is 0.0925 e. The van der Waals surface area contributed by atoms with Crippen LogP contribution in [-0.2, 0) is 6.54 Å². The summed E-state index contributed by atoms with van der Waals surface area (Å²) in [6.07, 6.45) is -0.282. The Labute approximate surface area is 63.5 Å². The second-order valence-corrected chi connectivity index (χ2v) is 3.45. The molecule has 2 nitrogen and oxygen atoms in total. The molecule has 1 atom stereocenters. The molecule has 0 amide bonds. The summed E-state index contributed by atoms with van der Waals surface area (Å²) < 4.78 is 0. The molecule has 0 aromatic carbocycles. The smallest absolute Gasteiger partial charge is 0.0925 e. The van der Waals surface area contributed by atoms with Gasteiger partial charge in [-0.1, -0.05) is 0 Å². The molecule has 0 aliphatic carbocycles. The molecular weight excluding hydrogens is 146 g/mol. The molecule has 0 spiro atoms. The minimum atomic E-state index is -0.282. The molecule has 10 heavy (non-hydrogen) atoms. The normalized spacial score (nSPS) is 24.3. The average molecular weight is 155 g/mol. The first kappa shape index (κ1) is 6.34. The topological polar surface area (TPSA) is 32.3 Å². The summed E-state index contributed by atoms with van der Waals surface area (Å²) >= 11 is 1.71. The van der Waals surface area contributed by atoms with E-state index in [1.54, 1.807) is 11.3 Å². The van der Waals surface area contributed by atoms with Gasteiger partial charge in [0.15, 0.2) is 0 Å². The van der Waals surface area contributed by atoms with Gasteiger partial charge in [-0.25, -0.2) is 0 Å². The van der Waals surface area contributed by atoms with Gasteiger partial charge in [0.05, 0.1) is 6.10 Å². The zero-order valence-corrected chi connectivity index (χ0v) is 6.32. The summed E-state index contributed by atoms with van der Waals surface area (Å²) in [4.78, 5) is 1.28. The molecule has 0 bridgehead atoms. The molecule has 1 aliphatic heterocycles. The second kappa shape index (κ2) is 2.34. The van der Waals surface area contributed by atoms with Crippen LogP contribution in [0.25, 0.3) is 0 Å². The lowest BCUT2D eigenvalue weighted by molar-refractivity contribution is 0.166. The van der Waals surface area contributed by atoms with Crippen LogP contribution in [0.1, 0.15) is 16.5 Å². The summed E-state index contributed by atoms with van der Waals surface area (Å²) in [5.74, 6) is 0. The van der Waals surface area contributed by atoms with E-state index < -0.39 is 0 Å². The summed E-state index contributed by atoms with van der Waals surface area (Å²) in [6.45, 7) is 1.62. The van der Waals surface area contributed by atoms with Gasteiger partial charge >= 0.3 is 0 Å². The Balaban J connectivity index is 2.41. The molecule has 2 rings (SSSR count). The Morgan fingerprint density at radius 2 is 2.60 bits per heavy atom. The van der Waals surface area contributed by atoms with E-state index in [0.717, 1.165) is 12.1 Å². The lowest BCUT2D eigenvalue weighted by Gasteiger charge is -2.18. The number of rotatable bonds is 0. The fourth-order valence-electron chi connectivity index (χ4n) is 1.22. The number of β-amino-alcohol motifs (C(OH)–C–C–N with tert-alkyl or cyclic N) is 1. The van der Waals surface area contributed by atoms with Crippen molar-refractivity contribution in [3.05, 3.63) is 21.9 Å². The lowest BCUT2D eigenvalue weighted by Crippen LogP contribution is -2.26. The summed E-state index contributed by atoms with van der Waals surface area (Å²) in [7, 11) is 0. The standard InChI is InChI=1S/C7H9NOS/c9-6-3-8-4-7-5(6)1-2-10-7/h1-2,6,8-9H,3-4H2/t6-/m1/s1. The SMILES string of the molecule is O[C@@H]1CNCc2sccc21. The molecule has 2 heterocycles. The van der Waals surface area contributed by atoms with Crippen molar-refractivity contribution >= 4 is 11.3 Å². The number of aliphatic hydroxyl groups excluding tert-OH is 1.